The summed E-state index contributed by atoms with van der Waals surface area (Å²) in [4.78, 5) is 19.2. The van der Waals surface area contributed by atoms with Crippen molar-refractivity contribution < 1.29 is 4.79 Å². The van der Waals surface area contributed by atoms with Crippen LogP contribution in [0.5, 0.6) is 0 Å². The molecule has 0 saturated carbocycles. The fourth-order valence-corrected chi connectivity index (χ4v) is 5.18. The van der Waals surface area contributed by atoms with E-state index in [9.17, 15) is 4.79 Å². The molecule has 2 heterocycles. The van der Waals surface area contributed by atoms with Crippen molar-refractivity contribution in [1.82, 2.24) is 24.6 Å². The van der Waals surface area contributed by atoms with E-state index in [1.165, 1.54) is 36.6 Å². The van der Waals surface area contributed by atoms with Gasteiger partial charge in [-0.25, -0.2) is 0 Å². The molecule has 186 valence electrons. The molecule has 1 fully saturated rings. The number of aromatic nitrogens is 3. The summed E-state index contributed by atoms with van der Waals surface area (Å²) < 4.78 is 2.18. The molecule has 7 nitrogen and oxygen atoms in total. The third kappa shape index (κ3) is 7.08. The predicted molar refractivity (Wildman–Crippen MR) is 143 cm³/mol. The first kappa shape index (κ1) is 25.3. The molecule has 0 bridgehead atoms. The Hall–Kier alpha value is -2.84. The topological polar surface area (TPSA) is 57.5 Å². The van der Waals surface area contributed by atoms with Gasteiger partial charge in [0.15, 0.2) is 5.16 Å². The molecular weight excluding hydrogens is 456 g/mol. The van der Waals surface area contributed by atoms with Crippen LogP contribution in [0.15, 0.2) is 59.8 Å². The number of hydrogen-bond donors (Lipinski definition) is 0. The lowest BCUT2D eigenvalue weighted by Gasteiger charge is -2.26. The fourth-order valence-electron chi connectivity index (χ4n) is 4.28. The lowest BCUT2D eigenvalue weighted by molar-refractivity contribution is -0.127. The molecule has 8 heteroatoms. The van der Waals surface area contributed by atoms with E-state index in [2.05, 4.69) is 73.1 Å². The summed E-state index contributed by atoms with van der Waals surface area (Å²) in [5.74, 6) is 1.39. The van der Waals surface area contributed by atoms with Crippen molar-refractivity contribution in [2.45, 2.75) is 44.1 Å². The van der Waals surface area contributed by atoms with Gasteiger partial charge in [0.1, 0.15) is 5.82 Å². The number of nitrogens with zero attached hydrogens (tertiary/aromatic N) is 6. The van der Waals surface area contributed by atoms with Crippen molar-refractivity contribution >= 4 is 23.4 Å². The summed E-state index contributed by atoms with van der Waals surface area (Å²) in [6.45, 7) is 4.32. The summed E-state index contributed by atoms with van der Waals surface area (Å²) in [5, 5.41) is 9.84. The van der Waals surface area contributed by atoms with Crippen LogP contribution in [0.25, 0.3) is 0 Å². The van der Waals surface area contributed by atoms with Gasteiger partial charge in [-0.05, 0) is 49.2 Å². The third-order valence-corrected chi connectivity index (χ3v) is 7.37. The van der Waals surface area contributed by atoms with E-state index in [-0.39, 0.29) is 5.91 Å². The zero-order chi connectivity index (χ0) is 24.6. The highest BCUT2D eigenvalue weighted by Gasteiger charge is 2.19. The molecule has 0 radical (unpaired) electrons. The Balaban J connectivity index is 1.40. The smallest absolute Gasteiger partial charge is 0.233 e. The van der Waals surface area contributed by atoms with Crippen LogP contribution in [0.3, 0.4) is 0 Å². The Kier molecular flexibility index (Phi) is 8.82. The number of hydrogen-bond acceptors (Lipinski definition) is 6. The van der Waals surface area contributed by atoms with E-state index >= 15 is 0 Å². The minimum atomic E-state index is 0.0820. The summed E-state index contributed by atoms with van der Waals surface area (Å²) in [6.07, 6.45) is 3.80. The predicted octanol–water partition coefficient (Wildman–Crippen LogP) is 4.13. The number of rotatable bonds is 10. The van der Waals surface area contributed by atoms with Gasteiger partial charge in [0.25, 0.3) is 0 Å². The van der Waals surface area contributed by atoms with Crippen molar-refractivity contribution in [3.8, 4) is 0 Å². The fraction of sp³-hybridized carbons (Fsp3) is 0.444. The van der Waals surface area contributed by atoms with Gasteiger partial charge < -0.3 is 14.4 Å². The average Bonchev–Trinajstić information content (AvgIpc) is 3.24. The van der Waals surface area contributed by atoms with Crippen LogP contribution >= 0.6 is 11.8 Å². The maximum absolute atomic E-state index is 12.9. The molecule has 0 atom stereocenters. The van der Waals surface area contributed by atoms with Crippen LogP contribution in [-0.4, -0.2) is 70.5 Å². The zero-order valence-electron chi connectivity index (χ0n) is 21.1. The van der Waals surface area contributed by atoms with Crippen molar-refractivity contribution in [2.75, 3.05) is 44.9 Å². The van der Waals surface area contributed by atoms with Gasteiger partial charge in [-0.1, -0.05) is 60.6 Å². The number of benzene rings is 2. The second kappa shape index (κ2) is 12.2. The maximum Gasteiger partial charge on any atom is 0.233 e. The monoisotopic (exact) mass is 492 g/mol. The molecule has 2 aromatic carbocycles. The molecule has 0 aliphatic carbocycles. The van der Waals surface area contributed by atoms with Gasteiger partial charge in [-0.3, -0.25) is 9.69 Å². The van der Waals surface area contributed by atoms with Gasteiger partial charge in [-0.2, -0.15) is 0 Å². The molecule has 0 spiro atoms. The van der Waals surface area contributed by atoms with Gasteiger partial charge in [-0.15, -0.1) is 10.2 Å². The summed E-state index contributed by atoms with van der Waals surface area (Å²) >= 11 is 1.48. The minimum absolute atomic E-state index is 0.0820. The molecule has 1 saturated heterocycles. The Morgan fingerprint density at radius 3 is 2.29 bits per heavy atom. The van der Waals surface area contributed by atoms with Crippen molar-refractivity contribution in [3.63, 3.8) is 0 Å². The van der Waals surface area contributed by atoms with Crippen LogP contribution in [0.2, 0.25) is 0 Å². The summed E-state index contributed by atoms with van der Waals surface area (Å²) in [7, 11) is 5.91. The Morgan fingerprint density at radius 1 is 0.886 bits per heavy atom. The Labute approximate surface area is 213 Å². The quantitative estimate of drug-likeness (QED) is 0.397. The molecule has 0 unspecified atom stereocenters. The van der Waals surface area contributed by atoms with E-state index in [4.69, 9.17) is 0 Å². The summed E-state index contributed by atoms with van der Waals surface area (Å²) in [6, 6.07) is 18.7. The van der Waals surface area contributed by atoms with E-state index in [0.29, 0.717) is 18.8 Å². The van der Waals surface area contributed by atoms with E-state index in [1.54, 1.807) is 4.90 Å². The van der Waals surface area contributed by atoms with Gasteiger partial charge in [0.05, 0.1) is 18.8 Å². The van der Waals surface area contributed by atoms with Crippen molar-refractivity contribution in [3.05, 3.63) is 71.5 Å². The average molecular weight is 493 g/mol. The molecule has 4 rings (SSSR count). The van der Waals surface area contributed by atoms with Crippen LogP contribution in [0.1, 0.15) is 36.2 Å². The van der Waals surface area contributed by atoms with Crippen LogP contribution in [0.4, 0.5) is 5.69 Å². The van der Waals surface area contributed by atoms with Gasteiger partial charge in [0.2, 0.25) is 5.91 Å². The first-order valence-corrected chi connectivity index (χ1v) is 13.3. The number of amides is 1. The van der Waals surface area contributed by atoms with E-state index in [0.717, 1.165) is 41.9 Å². The van der Waals surface area contributed by atoms with E-state index < -0.39 is 0 Å². The SMILES string of the molecule is CN(Cc1ccc(N(C)C)cc1)C(=O)CSc1nnc(CN2CCCCC2)n1Cc1ccccc1. The maximum atomic E-state index is 12.9. The molecule has 3 aromatic rings. The number of anilines is 1. The first-order chi connectivity index (χ1) is 17.0. The highest BCUT2D eigenvalue weighted by atomic mass is 32.2. The third-order valence-electron chi connectivity index (χ3n) is 6.41. The lowest BCUT2D eigenvalue weighted by atomic mass is 10.1. The summed E-state index contributed by atoms with van der Waals surface area (Å²) in [5.41, 5.74) is 3.47. The van der Waals surface area contributed by atoms with Gasteiger partial charge in [0, 0.05) is 33.4 Å². The Morgan fingerprint density at radius 2 is 1.60 bits per heavy atom. The molecule has 1 aliphatic rings. The standard InChI is InChI=1S/C27H36N6OS/c1-30(2)24-14-12-23(13-15-24)18-31(3)26(34)21-35-27-29-28-25(20-32-16-8-5-9-17-32)33(27)19-22-10-6-4-7-11-22/h4,6-7,10-15H,5,8-9,16-21H2,1-3H3. The molecular formula is C27H36N6OS. The lowest BCUT2D eigenvalue weighted by Crippen LogP contribution is -2.30. The number of thioether (sulfide) groups is 1. The largest absolute Gasteiger partial charge is 0.378 e. The second-order valence-corrected chi connectivity index (χ2v) is 10.3. The highest BCUT2D eigenvalue weighted by molar-refractivity contribution is 7.99. The normalized spacial score (nSPS) is 14.1. The van der Waals surface area contributed by atoms with Crippen LogP contribution in [0, 0.1) is 0 Å². The van der Waals surface area contributed by atoms with Crippen molar-refractivity contribution in [2.24, 2.45) is 0 Å². The minimum Gasteiger partial charge on any atom is -0.378 e. The van der Waals surface area contributed by atoms with Gasteiger partial charge >= 0.3 is 0 Å². The second-order valence-electron chi connectivity index (χ2n) is 9.41. The van der Waals surface area contributed by atoms with Crippen molar-refractivity contribution in [1.29, 1.82) is 0 Å². The molecule has 35 heavy (non-hydrogen) atoms. The number of carbonyl (C=O) groups excluding carboxylic acids is 1. The van der Waals surface area contributed by atoms with E-state index in [1.807, 2.05) is 27.2 Å². The number of piperidine rings is 1. The number of carbonyl (C=O) groups is 1. The molecule has 1 aliphatic heterocycles. The Bertz CT molecular complexity index is 1080. The van der Waals surface area contributed by atoms with Crippen LogP contribution < -0.4 is 4.90 Å². The molecule has 0 N–H and O–H groups in total. The van der Waals surface area contributed by atoms with Crippen LogP contribution in [-0.2, 0) is 24.4 Å². The molecule has 1 aromatic heterocycles. The zero-order valence-corrected chi connectivity index (χ0v) is 21.9. The molecule has 1 amide bonds. The first-order valence-electron chi connectivity index (χ1n) is 12.3. The number of likely N-dealkylation sites (tertiary alicyclic amines) is 1. The highest BCUT2D eigenvalue weighted by Crippen LogP contribution is 2.22.